The van der Waals surface area contributed by atoms with Crippen molar-refractivity contribution in [2.45, 2.75) is 25.3 Å². The standard InChI is InChI=1S/C19H18N4O2S/c20-17(24)16-11-22-18(26-16)15-7-3-4-8-23(15)19(25)13-9-12-5-1-2-6-14(12)21-10-13/h1-2,5-6,9-11,15H,3-4,7-8H2,(H2,20,24)/t15-/m1/s1. The van der Waals surface area contributed by atoms with Gasteiger partial charge in [-0.05, 0) is 31.4 Å². The molecule has 0 radical (unpaired) electrons. The average Bonchev–Trinajstić information content (AvgIpc) is 3.17. The monoisotopic (exact) mass is 366 g/mol. The lowest BCUT2D eigenvalue weighted by Gasteiger charge is -2.34. The van der Waals surface area contributed by atoms with Crippen molar-refractivity contribution in [3.8, 4) is 0 Å². The zero-order chi connectivity index (χ0) is 18.1. The lowest BCUT2D eigenvalue weighted by atomic mass is 10.0. The van der Waals surface area contributed by atoms with Gasteiger partial charge in [0, 0.05) is 18.1 Å². The number of aromatic nitrogens is 2. The third-order valence-corrected chi connectivity index (χ3v) is 5.77. The fourth-order valence-electron chi connectivity index (χ4n) is 3.34. The van der Waals surface area contributed by atoms with Crippen LogP contribution in [0.3, 0.4) is 0 Å². The van der Waals surface area contributed by atoms with E-state index < -0.39 is 5.91 Å². The number of para-hydroxylation sites is 1. The maximum absolute atomic E-state index is 13.1. The Hall–Kier alpha value is -2.80. The molecule has 132 valence electrons. The lowest BCUT2D eigenvalue weighted by Crippen LogP contribution is -2.38. The third-order valence-electron chi connectivity index (χ3n) is 4.65. The Kier molecular flexibility index (Phi) is 4.38. The highest BCUT2D eigenvalue weighted by molar-refractivity contribution is 7.13. The van der Waals surface area contributed by atoms with Crippen LogP contribution in [0.5, 0.6) is 0 Å². The molecule has 7 heteroatoms. The Labute approximate surface area is 154 Å². The first kappa shape index (κ1) is 16.7. The summed E-state index contributed by atoms with van der Waals surface area (Å²) in [6.45, 7) is 0.668. The number of benzene rings is 1. The first-order chi connectivity index (χ1) is 12.6. The van der Waals surface area contributed by atoms with Crippen LogP contribution in [-0.4, -0.2) is 33.2 Å². The molecule has 0 aliphatic carbocycles. The number of piperidine rings is 1. The number of rotatable bonds is 3. The fraction of sp³-hybridized carbons (Fsp3) is 0.263. The van der Waals surface area contributed by atoms with Crippen molar-refractivity contribution in [3.63, 3.8) is 0 Å². The minimum atomic E-state index is -0.485. The van der Waals surface area contributed by atoms with Gasteiger partial charge in [-0.2, -0.15) is 0 Å². The number of hydrogen-bond donors (Lipinski definition) is 1. The molecule has 3 heterocycles. The van der Waals surface area contributed by atoms with Gasteiger partial charge in [0.1, 0.15) is 9.88 Å². The van der Waals surface area contributed by atoms with Gasteiger partial charge in [0.15, 0.2) is 0 Å². The lowest BCUT2D eigenvalue weighted by molar-refractivity contribution is 0.0611. The van der Waals surface area contributed by atoms with Gasteiger partial charge in [-0.15, -0.1) is 11.3 Å². The molecule has 2 aromatic heterocycles. The van der Waals surface area contributed by atoms with E-state index in [-0.39, 0.29) is 11.9 Å². The summed E-state index contributed by atoms with van der Waals surface area (Å²) in [6, 6.07) is 9.49. The zero-order valence-corrected chi connectivity index (χ0v) is 14.9. The minimum absolute atomic E-state index is 0.0521. The van der Waals surface area contributed by atoms with Gasteiger partial charge >= 0.3 is 0 Å². The second-order valence-electron chi connectivity index (χ2n) is 6.35. The molecular weight excluding hydrogens is 348 g/mol. The highest BCUT2D eigenvalue weighted by Crippen LogP contribution is 2.34. The Morgan fingerprint density at radius 2 is 2.00 bits per heavy atom. The van der Waals surface area contributed by atoms with Gasteiger partial charge in [-0.3, -0.25) is 14.6 Å². The normalized spacial score (nSPS) is 17.4. The summed E-state index contributed by atoms with van der Waals surface area (Å²) in [5.41, 5.74) is 6.78. The zero-order valence-electron chi connectivity index (χ0n) is 14.1. The fourth-order valence-corrected chi connectivity index (χ4v) is 4.26. The summed E-state index contributed by atoms with van der Waals surface area (Å²) in [7, 11) is 0. The summed E-state index contributed by atoms with van der Waals surface area (Å²) in [5, 5.41) is 1.71. The molecular formula is C19H18N4O2S. The number of amides is 2. The molecule has 6 nitrogen and oxygen atoms in total. The molecule has 1 aromatic carbocycles. The van der Waals surface area contributed by atoms with Gasteiger partial charge in [-0.25, -0.2) is 4.98 Å². The van der Waals surface area contributed by atoms with Crippen LogP contribution < -0.4 is 5.73 Å². The van der Waals surface area contributed by atoms with Gasteiger partial charge in [-0.1, -0.05) is 18.2 Å². The van der Waals surface area contributed by atoms with Gasteiger partial charge in [0.05, 0.1) is 23.3 Å². The topological polar surface area (TPSA) is 89.2 Å². The average molecular weight is 366 g/mol. The minimum Gasteiger partial charge on any atom is -0.365 e. The van der Waals surface area contributed by atoms with Crippen molar-refractivity contribution in [1.29, 1.82) is 0 Å². The van der Waals surface area contributed by atoms with Crippen LogP contribution in [0, 0.1) is 0 Å². The quantitative estimate of drug-likeness (QED) is 0.771. The Bertz CT molecular complexity index is 984. The van der Waals surface area contributed by atoms with Crippen molar-refractivity contribution in [2.24, 2.45) is 5.73 Å². The largest absolute Gasteiger partial charge is 0.365 e. The predicted molar refractivity (Wildman–Crippen MR) is 100 cm³/mol. The number of nitrogens with zero attached hydrogens (tertiary/aromatic N) is 3. The smallest absolute Gasteiger partial charge is 0.260 e. The molecule has 3 aromatic rings. The summed E-state index contributed by atoms with van der Waals surface area (Å²) in [6.07, 6.45) is 5.94. The molecule has 0 saturated carbocycles. The molecule has 1 fully saturated rings. The van der Waals surface area contributed by atoms with E-state index in [0.29, 0.717) is 17.0 Å². The maximum Gasteiger partial charge on any atom is 0.260 e. The van der Waals surface area contributed by atoms with E-state index >= 15 is 0 Å². The second-order valence-corrected chi connectivity index (χ2v) is 7.42. The molecule has 0 spiro atoms. The van der Waals surface area contributed by atoms with Crippen LogP contribution in [0.4, 0.5) is 0 Å². The summed E-state index contributed by atoms with van der Waals surface area (Å²) in [4.78, 5) is 35.5. The number of thiazole rings is 1. The molecule has 2 N–H and O–H groups in total. The number of carbonyl (C=O) groups excluding carboxylic acids is 2. The Morgan fingerprint density at radius 3 is 2.81 bits per heavy atom. The van der Waals surface area contributed by atoms with Crippen molar-refractivity contribution in [1.82, 2.24) is 14.9 Å². The summed E-state index contributed by atoms with van der Waals surface area (Å²) >= 11 is 1.27. The van der Waals surface area contributed by atoms with E-state index in [1.165, 1.54) is 17.5 Å². The highest BCUT2D eigenvalue weighted by Gasteiger charge is 2.31. The molecule has 1 aliphatic rings. The van der Waals surface area contributed by atoms with Crippen molar-refractivity contribution < 1.29 is 9.59 Å². The number of nitrogens with two attached hydrogens (primary N) is 1. The summed E-state index contributed by atoms with van der Waals surface area (Å²) in [5.74, 6) is -0.537. The number of primary amides is 1. The number of hydrogen-bond acceptors (Lipinski definition) is 5. The van der Waals surface area contributed by atoms with Gasteiger partial charge in [0.2, 0.25) is 0 Å². The highest BCUT2D eigenvalue weighted by atomic mass is 32.1. The van der Waals surface area contributed by atoms with Crippen molar-refractivity contribution >= 4 is 34.1 Å². The van der Waals surface area contributed by atoms with Gasteiger partial charge in [0.25, 0.3) is 11.8 Å². The number of carbonyl (C=O) groups is 2. The van der Waals surface area contributed by atoms with E-state index in [2.05, 4.69) is 9.97 Å². The first-order valence-electron chi connectivity index (χ1n) is 8.55. The van der Waals surface area contributed by atoms with E-state index in [9.17, 15) is 9.59 Å². The van der Waals surface area contributed by atoms with E-state index in [1.807, 2.05) is 35.2 Å². The first-order valence-corrected chi connectivity index (χ1v) is 9.36. The van der Waals surface area contributed by atoms with Crippen LogP contribution in [-0.2, 0) is 0 Å². The van der Waals surface area contributed by atoms with Crippen molar-refractivity contribution in [3.05, 3.63) is 58.2 Å². The number of pyridine rings is 1. The van der Waals surface area contributed by atoms with Crippen LogP contribution in [0.15, 0.2) is 42.7 Å². The summed E-state index contributed by atoms with van der Waals surface area (Å²) < 4.78 is 0. The molecule has 2 amide bonds. The number of fused-ring (bicyclic) bond motifs is 1. The molecule has 0 unspecified atom stereocenters. The van der Waals surface area contributed by atoms with Gasteiger partial charge < -0.3 is 10.6 Å². The Morgan fingerprint density at radius 1 is 1.15 bits per heavy atom. The van der Waals surface area contributed by atoms with E-state index in [1.54, 1.807) is 6.20 Å². The number of likely N-dealkylation sites (tertiary alicyclic amines) is 1. The maximum atomic E-state index is 13.1. The SMILES string of the molecule is NC(=O)c1cnc([C@H]2CCCCN2C(=O)c2cnc3ccccc3c2)s1. The second kappa shape index (κ2) is 6.84. The van der Waals surface area contributed by atoms with Crippen molar-refractivity contribution in [2.75, 3.05) is 6.54 Å². The predicted octanol–water partition coefficient (Wildman–Crippen LogP) is 3.16. The van der Waals surface area contributed by atoms with Crippen LogP contribution in [0.2, 0.25) is 0 Å². The molecule has 26 heavy (non-hydrogen) atoms. The molecule has 1 saturated heterocycles. The van der Waals surface area contributed by atoms with Crippen LogP contribution in [0.25, 0.3) is 10.9 Å². The molecule has 4 rings (SSSR count). The third kappa shape index (κ3) is 3.06. The van der Waals surface area contributed by atoms with Crippen LogP contribution >= 0.6 is 11.3 Å². The van der Waals surface area contributed by atoms with Crippen LogP contribution in [0.1, 0.15) is 50.3 Å². The van der Waals surface area contributed by atoms with E-state index in [4.69, 9.17) is 5.73 Å². The molecule has 0 bridgehead atoms. The Balaban J connectivity index is 1.65. The van der Waals surface area contributed by atoms with E-state index in [0.717, 1.165) is 35.2 Å². The molecule has 1 aliphatic heterocycles. The molecule has 1 atom stereocenters.